The zero-order valence-corrected chi connectivity index (χ0v) is 11.0. The first-order valence-corrected chi connectivity index (χ1v) is 8.07. The standard InChI is InChI=1S/C11H22N2O3S/c14-17(15,9-10-1-4-12-5-2-10)13-7-11-3-6-16-8-11/h10-13H,1-9H2. The zero-order chi connectivity index (χ0) is 12.1. The van der Waals surface area contributed by atoms with Crippen molar-refractivity contribution in [3.05, 3.63) is 0 Å². The van der Waals surface area contributed by atoms with E-state index in [1.807, 2.05) is 0 Å². The summed E-state index contributed by atoms with van der Waals surface area (Å²) in [5.41, 5.74) is 0. The van der Waals surface area contributed by atoms with Crippen LogP contribution in [0.2, 0.25) is 0 Å². The molecular formula is C11H22N2O3S. The highest BCUT2D eigenvalue weighted by atomic mass is 32.2. The fraction of sp³-hybridized carbons (Fsp3) is 1.00. The molecule has 0 aromatic rings. The van der Waals surface area contributed by atoms with Gasteiger partial charge in [0.2, 0.25) is 10.0 Å². The third-order valence-electron chi connectivity index (χ3n) is 3.53. The molecule has 6 heteroatoms. The normalized spacial score (nSPS) is 27.4. The molecule has 0 amide bonds. The van der Waals surface area contributed by atoms with Gasteiger partial charge in [0.25, 0.3) is 0 Å². The van der Waals surface area contributed by atoms with E-state index in [-0.39, 0.29) is 5.75 Å². The largest absolute Gasteiger partial charge is 0.381 e. The molecular weight excluding hydrogens is 240 g/mol. The lowest BCUT2D eigenvalue weighted by Gasteiger charge is -2.22. The third-order valence-corrected chi connectivity index (χ3v) is 5.05. The van der Waals surface area contributed by atoms with Gasteiger partial charge in [-0.05, 0) is 44.2 Å². The van der Waals surface area contributed by atoms with Crippen molar-refractivity contribution in [1.82, 2.24) is 10.0 Å². The fourth-order valence-electron chi connectivity index (χ4n) is 2.41. The topological polar surface area (TPSA) is 67.4 Å². The predicted molar refractivity (Wildman–Crippen MR) is 66.3 cm³/mol. The monoisotopic (exact) mass is 262 g/mol. The lowest BCUT2D eigenvalue weighted by molar-refractivity contribution is 0.186. The highest BCUT2D eigenvalue weighted by Gasteiger charge is 2.23. The summed E-state index contributed by atoms with van der Waals surface area (Å²) in [5, 5.41) is 3.25. The molecule has 2 rings (SSSR count). The van der Waals surface area contributed by atoms with Crippen molar-refractivity contribution in [2.24, 2.45) is 11.8 Å². The molecule has 2 N–H and O–H groups in total. The Kier molecular flexibility index (Phi) is 4.78. The molecule has 0 aromatic carbocycles. The van der Waals surface area contributed by atoms with Crippen LogP contribution < -0.4 is 10.0 Å². The Morgan fingerprint density at radius 3 is 2.59 bits per heavy atom. The van der Waals surface area contributed by atoms with Crippen LogP contribution in [0.5, 0.6) is 0 Å². The first-order valence-electron chi connectivity index (χ1n) is 6.41. The van der Waals surface area contributed by atoms with E-state index in [1.54, 1.807) is 0 Å². The summed E-state index contributed by atoms with van der Waals surface area (Å²) in [6.07, 6.45) is 2.90. The molecule has 1 atom stereocenters. The molecule has 17 heavy (non-hydrogen) atoms. The maximum absolute atomic E-state index is 11.9. The van der Waals surface area contributed by atoms with Crippen LogP contribution in [0.1, 0.15) is 19.3 Å². The summed E-state index contributed by atoms with van der Waals surface area (Å²) >= 11 is 0. The van der Waals surface area contributed by atoms with Crippen molar-refractivity contribution in [3.63, 3.8) is 0 Å². The first-order chi connectivity index (χ1) is 8.16. The number of hydrogen-bond donors (Lipinski definition) is 2. The van der Waals surface area contributed by atoms with Gasteiger partial charge in [-0.25, -0.2) is 13.1 Å². The van der Waals surface area contributed by atoms with Crippen LogP contribution in [0.4, 0.5) is 0 Å². The molecule has 0 spiro atoms. The molecule has 0 radical (unpaired) electrons. The van der Waals surface area contributed by atoms with Crippen LogP contribution in [0.25, 0.3) is 0 Å². The van der Waals surface area contributed by atoms with E-state index in [9.17, 15) is 8.42 Å². The van der Waals surface area contributed by atoms with Gasteiger partial charge in [-0.1, -0.05) is 0 Å². The minimum absolute atomic E-state index is 0.280. The average molecular weight is 262 g/mol. The molecule has 2 fully saturated rings. The van der Waals surface area contributed by atoms with Gasteiger partial charge < -0.3 is 10.1 Å². The quantitative estimate of drug-likeness (QED) is 0.728. The summed E-state index contributed by atoms with van der Waals surface area (Å²) in [6.45, 7) is 3.87. The van der Waals surface area contributed by atoms with Gasteiger partial charge in [0.05, 0.1) is 12.4 Å². The van der Waals surface area contributed by atoms with E-state index >= 15 is 0 Å². The Bertz CT molecular complexity index is 320. The number of sulfonamides is 1. The molecule has 2 heterocycles. The highest BCUT2D eigenvalue weighted by Crippen LogP contribution is 2.15. The molecule has 0 saturated carbocycles. The molecule has 2 aliphatic rings. The van der Waals surface area contributed by atoms with Gasteiger partial charge in [-0.15, -0.1) is 0 Å². The fourth-order valence-corrected chi connectivity index (χ4v) is 3.97. The average Bonchev–Trinajstić information content (AvgIpc) is 2.80. The van der Waals surface area contributed by atoms with E-state index in [2.05, 4.69) is 10.0 Å². The van der Waals surface area contributed by atoms with Crippen molar-refractivity contribution >= 4 is 10.0 Å². The van der Waals surface area contributed by atoms with Gasteiger partial charge in [-0.2, -0.15) is 0 Å². The number of piperidine rings is 1. The number of ether oxygens (including phenoxy) is 1. The molecule has 2 saturated heterocycles. The molecule has 1 unspecified atom stereocenters. The maximum atomic E-state index is 11.9. The molecule has 5 nitrogen and oxygen atoms in total. The molecule has 100 valence electrons. The Balaban J connectivity index is 1.73. The van der Waals surface area contributed by atoms with Crippen molar-refractivity contribution in [3.8, 4) is 0 Å². The van der Waals surface area contributed by atoms with E-state index in [4.69, 9.17) is 4.74 Å². The molecule has 2 aliphatic heterocycles. The Morgan fingerprint density at radius 2 is 1.94 bits per heavy atom. The third kappa shape index (κ3) is 4.54. The van der Waals surface area contributed by atoms with E-state index in [0.717, 1.165) is 39.0 Å². The Hall–Kier alpha value is -0.170. The van der Waals surface area contributed by atoms with E-state index in [0.29, 0.717) is 25.0 Å². The lowest BCUT2D eigenvalue weighted by atomic mass is 10.0. The van der Waals surface area contributed by atoms with Crippen LogP contribution in [-0.2, 0) is 14.8 Å². The lowest BCUT2D eigenvalue weighted by Crippen LogP contribution is -2.37. The van der Waals surface area contributed by atoms with Crippen LogP contribution in [-0.4, -0.2) is 47.0 Å². The van der Waals surface area contributed by atoms with Crippen molar-refractivity contribution in [1.29, 1.82) is 0 Å². The molecule has 0 aliphatic carbocycles. The summed E-state index contributed by atoms with van der Waals surface area (Å²) in [5.74, 6) is 0.953. The van der Waals surface area contributed by atoms with Crippen molar-refractivity contribution in [2.45, 2.75) is 19.3 Å². The van der Waals surface area contributed by atoms with Gasteiger partial charge in [0.15, 0.2) is 0 Å². The van der Waals surface area contributed by atoms with Gasteiger partial charge in [0.1, 0.15) is 0 Å². The van der Waals surface area contributed by atoms with Crippen molar-refractivity contribution < 1.29 is 13.2 Å². The predicted octanol–water partition coefficient (Wildman–Crippen LogP) is -0.0581. The second kappa shape index (κ2) is 6.13. The Morgan fingerprint density at radius 1 is 1.18 bits per heavy atom. The summed E-state index contributed by atoms with van der Waals surface area (Å²) in [7, 11) is -3.10. The minimum Gasteiger partial charge on any atom is -0.381 e. The zero-order valence-electron chi connectivity index (χ0n) is 10.2. The number of hydrogen-bond acceptors (Lipinski definition) is 4. The van der Waals surface area contributed by atoms with Crippen LogP contribution in [0.3, 0.4) is 0 Å². The smallest absolute Gasteiger partial charge is 0.211 e. The second-order valence-electron chi connectivity index (χ2n) is 5.05. The second-order valence-corrected chi connectivity index (χ2v) is 6.90. The van der Waals surface area contributed by atoms with Gasteiger partial charge in [-0.3, -0.25) is 0 Å². The summed E-state index contributed by atoms with van der Waals surface area (Å²) in [4.78, 5) is 0. The van der Waals surface area contributed by atoms with E-state index in [1.165, 1.54) is 0 Å². The van der Waals surface area contributed by atoms with Gasteiger partial charge in [0, 0.05) is 13.2 Å². The highest BCUT2D eigenvalue weighted by molar-refractivity contribution is 7.89. The molecule has 0 bridgehead atoms. The van der Waals surface area contributed by atoms with Crippen LogP contribution in [0, 0.1) is 11.8 Å². The van der Waals surface area contributed by atoms with Crippen LogP contribution >= 0.6 is 0 Å². The van der Waals surface area contributed by atoms with Crippen LogP contribution in [0.15, 0.2) is 0 Å². The van der Waals surface area contributed by atoms with Crippen molar-refractivity contribution in [2.75, 3.05) is 38.6 Å². The minimum atomic E-state index is -3.10. The van der Waals surface area contributed by atoms with Gasteiger partial charge >= 0.3 is 0 Å². The maximum Gasteiger partial charge on any atom is 0.211 e. The SMILES string of the molecule is O=S(=O)(CC1CCNCC1)NCC1CCOC1. The first kappa shape index (κ1) is 13.3. The Labute approximate surface area is 103 Å². The summed E-state index contributed by atoms with van der Waals surface area (Å²) in [6, 6.07) is 0. The number of rotatable bonds is 5. The number of nitrogens with one attached hydrogen (secondary N) is 2. The molecule has 0 aromatic heterocycles. The summed E-state index contributed by atoms with van der Waals surface area (Å²) < 4.78 is 31.7. The van der Waals surface area contributed by atoms with E-state index < -0.39 is 10.0 Å².